The van der Waals surface area contributed by atoms with Gasteiger partial charge in [-0.3, -0.25) is 4.79 Å². The summed E-state index contributed by atoms with van der Waals surface area (Å²) in [5.41, 5.74) is 1.65. The van der Waals surface area contributed by atoms with Gasteiger partial charge in [0.1, 0.15) is 5.82 Å². The SMILES string of the molecule is N#Cc1ccc(NCC(=O)N2CCN(c3ccccc3)CC2)c(F)c1. The molecule has 0 spiro atoms. The molecule has 0 atom stereocenters. The standard InChI is InChI=1S/C19H19FN4O/c20-17-12-15(13-21)6-7-18(17)22-14-19(25)24-10-8-23(9-11-24)16-4-2-1-3-5-16/h1-7,12,22H,8-11,14H2. The molecule has 3 rings (SSSR count). The van der Waals surface area contributed by atoms with Crippen LogP contribution in [0.25, 0.3) is 0 Å². The zero-order valence-corrected chi connectivity index (χ0v) is 13.8. The summed E-state index contributed by atoms with van der Waals surface area (Å²) in [5, 5.41) is 11.6. The van der Waals surface area contributed by atoms with Gasteiger partial charge in [-0.15, -0.1) is 0 Å². The second-order valence-electron chi connectivity index (χ2n) is 5.86. The fraction of sp³-hybridized carbons (Fsp3) is 0.263. The molecule has 2 aromatic carbocycles. The number of nitriles is 1. The Kier molecular flexibility index (Phi) is 5.14. The molecule has 0 radical (unpaired) electrons. The Hall–Kier alpha value is -3.07. The predicted molar refractivity (Wildman–Crippen MR) is 94.8 cm³/mol. The number of nitrogens with one attached hydrogen (secondary N) is 1. The minimum absolute atomic E-state index is 0.0359. The van der Waals surface area contributed by atoms with Gasteiger partial charge in [0.25, 0.3) is 0 Å². The van der Waals surface area contributed by atoms with Crippen LogP contribution in [0.15, 0.2) is 48.5 Å². The highest BCUT2D eigenvalue weighted by Crippen LogP contribution is 2.17. The van der Waals surface area contributed by atoms with Crippen LogP contribution in [0.2, 0.25) is 0 Å². The molecule has 128 valence electrons. The number of benzene rings is 2. The molecule has 1 aliphatic rings. The smallest absolute Gasteiger partial charge is 0.241 e. The van der Waals surface area contributed by atoms with Crippen LogP contribution < -0.4 is 10.2 Å². The van der Waals surface area contributed by atoms with Crippen molar-refractivity contribution in [2.75, 3.05) is 42.9 Å². The second kappa shape index (κ2) is 7.67. The number of piperazine rings is 1. The Morgan fingerprint density at radius 3 is 2.48 bits per heavy atom. The van der Waals surface area contributed by atoms with E-state index in [1.807, 2.05) is 24.3 Å². The van der Waals surface area contributed by atoms with Gasteiger partial charge in [0.15, 0.2) is 0 Å². The molecule has 0 bridgehead atoms. The van der Waals surface area contributed by atoms with Gasteiger partial charge < -0.3 is 15.1 Å². The lowest BCUT2D eigenvalue weighted by Gasteiger charge is -2.36. The van der Waals surface area contributed by atoms with Crippen molar-refractivity contribution >= 4 is 17.3 Å². The first kappa shape index (κ1) is 16.8. The van der Waals surface area contributed by atoms with E-state index < -0.39 is 5.82 Å². The third-order valence-corrected chi connectivity index (χ3v) is 4.28. The van der Waals surface area contributed by atoms with Crippen molar-refractivity contribution < 1.29 is 9.18 Å². The first-order valence-electron chi connectivity index (χ1n) is 8.18. The van der Waals surface area contributed by atoms with E-state index in [0.29, 0.717) is 13.1 Å². The zero-order chi connectivity index (χ0) is 17.6. The van der Waals surface area contributed by atoms with Crippen LogP contribution in [0.5, 0.6) is 0 Å². The lowest BCUT2D eigenvalue weighted by Crippen LogP contribution is -2.50. The van der Waals surface area contributed by atoms with E-state index in [1.165, 1.54) is 12.1 Å². The molecule has 1 fully saturated rings. The largest absolute Gasteiger partial charge is 0.374 e. The van der Waals surface area contributed by atoms with Gasteiger partial charge in [0, 0.05) is 31.9 Å². The minimum atomic E-state index is -0.527. The third-order valence-electron chi connectivity index (χ3n) is 4.28. The molecule has 0 unspecified atom stereocenters. The number of rotatable bonds is 4. The van der Waals surface area contributed by atoms with Crippen molar-refractivity contribution in [3.8, 4) is 6.07 Å². The molecular formula is C19H19FN4O. The second-order valence-corrected chi connectivity index (χ2v) is 5.86. The van der Waals surface area contributed by atoms with Crippen molar-refractivity contribution in [1.82, 2.24) is 4.90 Å². The highest BCUT2D eigenvalue weighted by atomic mass is 19.1. The maximum atomic E-state index is 13.8. The van der Waals surface area contributed by atoms with Gasteiger partial charge in [0.2, 0.25) is 5.91 Å². The van der Waals surface area contributed by atoms with Gasteiger partial charge in [-0.05, 0) is 30.3 Å². The van der Waals surface area contributed by atoms with Crippen LogP contribution in [0.3, 0.4) is 0 Å². The minimum Gasteiger partial charge on any atom is -0.374 e. The van der Waals surface area contributed by atoms with Crippen LogP contribution in [0.4, 0.5) is 15.8 Å². The highest BCUT2D eigenvalue weighted by molar-refractivity contribution is 5.81. The normalized spacial score (nSPS) is 14.1. The Morgan fingerprint density at radius 2 is 1.84 bits per heavy atom. The number of hydrogen-bond donors (Lipinski definition) is 1. The molecular weight excluding hydrogens is 319 g/mol. The molecule has 25 heavy (non-hydrogen) atoms. The molecule has 1 amide bonds. The van der Waals surface area contributed by atoms with Crippen molar-refractivity contribution in [1.29, 1.82) is 5.26 Å². The van der Waals surface area contributed by atoms with Crippen LogP contribution in [0, 0.1) is 17.1 Å². The highest BCUT2D eigenvalue weighted by Gasteiger charge is 2.21. The summed E-state index contributed by atoms with van der Waals surface area (Å²) in [6, 6.07) is 16.2. The summed E-state index contributed by atoms with van der Waals surface area (Å²) in [5.74, 6) is -0.586. The Morgan fingerprint density at radius 1 is 1.12 bits per heavy atom. The molecule has 1 aliphatic heterocycles. The van der Waals surface area contributed by atoms with E-state index in [-0.39, 0.29) is 23.7 Å². The Labute approximate surface area is 146 Å². The molecule has 2 aromatic rings. The monoisotopic (exact) mass is 338 g/mol. The molecule has 1 heterocycles. The maximum absolute atomic E-state index is 13.8. The van der Waals surface area contributed by atoms with Gasteiger partial charge in [-0.1, -0.05) is 18.2 Å². The van der Waals surface area contributed by atoms with Crippen molar-refractivity contribution in [2.45, 2.75) is 0 Å². The predicted octanol–water partition coefficient (Wildman–Crippen LogP) is 2.46. The number of nitrogens with zero attached hydrogens (tertiary/aromatic N) is 3. The van der Waals surface area contributed by atoms with Gasteiger partial charge in [-0.25, -0.2) is 4.39 Å². The molecule has 6 heteroatoms. The van der Waals surface area contributed by atoms with E-state index in [4.69, 9.17) is 5.26 Å². The average Bonchev–Trinajstić information content (AvgIpc) is 2.67. The van der Waals surface area contributed by atoms with E-state index in [0.717, 1.165) is 24.8 Å². The van der Waals surface area contributed by atoms with Crippen molar-refractivity contribution in [2.24, 2.45) is 0 Å². The van der Waals surface area contributed by atoms with Gasteiger partial charge in [0.05, 0.1) is 23.9 Å². The quantitative estimate of drug-likeness (QED) is 0.930. The summed E-state index contributed by atoms with van der Waals surface area (Å²) in [6.45, 7) is 2.88. The van der Waals surface area contributed by atoms with E-state index >= 15 is 0 Å². The molecule has 0 aromatic heterocycles. The zero-order valence-electron chi connectivity index (χ0n) is 13.8. The number of amides is 1. The number of anilines is 2. The summed E-state index contributed by atoms with van der Waals surface area (Å²) < 4.78 is 13.8. The lowest BCUT2D eigenvalue weighted by atomic mass is 10.2. The van der Waals surface area contributed by atoms with E-state index in [1.54, 1.807) is 4.90 Å². The molecule has 0 saturated carbocycles. The van der Waals surface area contributed by atoms with E-state index in [2.05, 4.69) is 22.3 Å². The topological polar surface area (TPSA) is 59.4 Å². The van der Waals surface area contributed by atoms with Crippen molar-refractivity contribution in [3.05, 3.63) is 59.9 Å². The first-order chi connectivity index (χ1) is 12.2. The first-order valence-corrected chi connectivity index (χ1v) is 8.18. The Balaban J connectivity index is 1.51. The Bertz CT molecular complexity index is 780. The molecule has 5 nitrogen and oxygen atoms in total. The van der Waals surface area contributed by atoms with Crippen LogP contribution in [-0.4, -0.2) is 43.5 Å². The average molecular weight is 338 g/mol. The summed E-state index contributed by atoms with van der Waals surface area (Å²) >= 11 is 0. The van der Waals surface area contributed by atoms with Gasteiger partial charge >= 0.3 is 0 Å². The maximum Gasteiger partial charge on any atom is 0.241 e. The molecule has 1 saturated heterocycles. The third kappa shape index (κ3) is 4.07. The molecule has 0 aliphatic carbocycles. The van der Waals surface area contributed by atoms with Crippen LogP contribution in [-0.2, 0) is 4.79 Å². The number of halogens is 1. The van der Waals surface area contributed by atoms with Crippen LogP contribution in [0.1, 0.15) is 5.56 Å². The summed E-state index contributed by atoms with van der Waals surface area (Å²) in [4.78, 5) is 16.4. The van der Waals surface area contributed by atoms with Crippen LogP contribution >= 0.6 is 0 Å². The number of hydrogen-bond acceptors (Lipinski definition) is 4. The van der Waals surface area contributed by atoms with Gasteiger partial charge in [-0.2, -0.15) is 5.26 Å². The lowest BCUT2D eigenvalue weighted by molar-refractivity contribution is -0.129. The van der Waals surface area contributed by atoms with Crippen molar-refractivity contribution in [3.63, 3.8) is 0 Å². The summed E-state index contributed by atoms with van der Waals surface area (Å²) in [6.07, 6.45) is 0. The number of carbonyl (C=O) groups excluding carboxylic acids is 1. The number of carbonyl (C=O) groups is 1. The molecule has 1 N–H and O–H groups in total. The fourth-order valence-electron chi connectivity index (χ4n) is 2.86. The number of para-hydroxylation sites is 1. The fourth-order valence-corrected chi connectivity index (χ4v) is 2.86. The summed E-state index contributed by atoms with van der Waals surface area (Å²) in [7, 11) is 0. The van der Waals surface area contributed by atoms with E-state index in [9.17, 15) is 9.18 Å².